The molecule has 1 rings (SSSR count). The summed E-state index contributed by atoms with van der Waals surface area (Å²) < 4.78 is 40.4. The van der Waals surface area contributed by atoms with Crippen LogP contribution in [-0.4, -0.2) is 23.8 Å². The van der Waals surface area contributed by atoms with Crippen molar-refractivity contribution in [2.75, 3.05) is 12.5 Å². The van der Waals surface area contributed by atoms with Crippen LogP contribution in [0, 0.1) is 0 Å². The van der Waals surface area contributed by atoms with Crippen molar-refractivity contribution in [1.82, 2.24) is 5.16 Å². The van der Waals surface area contributed by atoms with Crippen LogP contribution in [0.15, 0.2) is 15.7 Å². The number of hydrogen-bond acceptors (Lipinski definition) is 2. The molecule has 0 atom stereocenters. The summed E-state index contributed by atoms with van der Waals surface area (Å²) in [6.07, 6.45) is -1.43. The van der Waals surface area contributed by atoms with Crippen molar-refractivity contribution in [3.63, 3.8) is 0 Å². The van der Waals surface area contributed by atoms with Crippen LogP contribution in [0.4, 0.5) is 13.2 Å². The molecule has 76 valence electrons. The summed E-state index contributed by atoms with van der Waals surface area (Å²) in [4.78, 5) is 0. The Labute approximate surface area is 76.4 Å². The maximum absolute atomic E-state index is 11.9. The van der Waals surface area contributed by atoms with E-state index >= 15 is 0 Å². The lowest BCUT2D eigenvalue weighted by Gasteiger charge is -2.01. The molecule has 0 aromatic carbocycles. The fraction of sp³-hybridized carbons (Fsp3) is 0.571. The molecule has 0 spiro atoms. The monoisotopic (exact) mass is 213 g/mol. The zero-order valence-electron chi connectivity index (χ0n) is 7.22. The van der Waals surface area contributed by atoms with Gasteiger partial charge >= 0.3 is 6.18 Å². The van der Waals surface area contributed by atoms with Crippen molar-refractivity contribution in [3.8, 4) is 0 Å². The van der Waals surface area contributed by atoms with Crippen LogP contribution in [0.1, 0.15) is 5.69 Å². The molecule has 0 N–H and O–H groups in total. The maximum Gasteiger partial charge on any atom is 0.394 e. The normalized spacial score (nSPS) is 13.2. The quantitative estimate of drug-likeness (QED) is 0.763. The van der Waals surface area contributed by atoms with Gasteiger partial charge < -0.3 is 4.52 Å². The van der Waals surface area contributed by atoms with Gasteiger partial charge in [0.2, 0.25) is 0 Å². The van der Waals surface area contributed by atoms with Gasteiger partial charge in [-0.3, -0.25) is 0 Å². The summed E-state index contributed by atoms with van der Waals surface area (Å²) in [5, 5.41) is 3.89. The molecular weight excluding hydrogens is 203 g/mol. The molecule has 6 heteroatoms. The Morgan fingerprint density at radius 2 is 2.08 bits per heavy atom. The summed E-state index contributed by atoms with van der Waals surface area (Å²) in [7, 11) is -0.513. The van der Waals surface area contributed by atoms with E-state index in [0.717, 1.165) is 0 Å². The third-order valence-corrected chi connectivity index (χ3v) is 2.46. The van der Waals surface area contributed by atoms with Gasteiger partial charge in [0.15, 0.2) is 5.09 Å². The Morgan fingerprint density at radius 3 is 2.46 bits per heavy atom. The van der Waals surface area contributed by atoms with Crippen molar-refractivity contribution in [2.24, 2.45) is 0 Å². The van der Waals surface area contributed by atoms with Crippen LogP contribution in [0.5, 0.6) is 0 Å². The van der Waals surface area contributed by atoms with Gasteiger partial charge in [0.1, 0.15) is 0 Å². The molecule has 0 saturated carbocycles. The van der Waals surface area contributed by atoms with Crippen molar-refractivity contribution < 1.29 is 17.7 Å². The summed E-state index contributed by atoms with van der Waals surface area (Å²) in [6.45, 7) is 0. The summed E-state index contributed by atoms with van der Waals surface area (Å²) in [5.74, 6) is 0. The smallest absolute Gasteiger partial charge is 0.351 e. The fourth-order valence-corrected chi connectivity index (χ4v) is 1.41. The minimum Gasteiger partial charge on any atom is -0.351 e. The Balaban J connectivity index is 2.70. The third-order valence-electron chi connectivity index (χ3n) is 1.37. The molecule has 0 unspecified atom stereocenters. The van der Waals surface area contributed by atoms with Crippen LogP contribution in [0.25, 0.3) is 0 Å². The largest absolute Gasteiger partial charge is 0.394 e. The van der Waals surface area contributed by atoms with Gasteiger partial charge in [-0.15, -0.1) is 0 Å². The van der Waals surface area contributed by atoms with Gasteiger partial charge in [-0.05, 0) is 12.5 Å². The molecule has 0 radical (unpaired) electrons. The molecule has 1 aromatic rings. The lowest BCUT2D eigenvalue weighted by molar-refractivity contribution is -0.128. The molecule has 0 aliphatic heterocycles. The van der Waals surface area contributed by atoms with E-state index in [1.165, 1.54) is 6.07 Å². The second kappa shape index (κ2) is 3.61. The van der Waals surface area contributed by atoms with E-state index in [0.29, 0.717) is 5.09 Å². The molecule has 0 saturated heterocycles. The highest BCUT2D eigenvalue weighted by Crippen LogP contribution is 2.30. The Kier molecular flexibility index (Phi) is 2.90. The first kappa shape index (κ1) is 10.4. The first-order chi connectivity index (χ1) is 5.88. The number of thiol groups is 1. The molecule has 2 nitrogen and oxygen atoms in total. The topological polar surface area (TPSA) is 26.0 Å². The molecule has 1 heterocycles. The van der Waals surface area contributed by atoms with Gasteiger partial charge in [-0.2, -0.15) is 24.1 Å². The highest BCUT2D eigenvalue weighted by atomic mass is 32.2. The van der Waals surface area contributed by atoms with Crippen LogP contribution in [0.3, 0.4) is 0 Å². The number of halogens is 3. The minimum absolute atomic E-state index is 0.0429. The molecule has 0 aliphatic carbocycles. The second-order valence-corrected chi connectivity index (χ2v) is 5.07. The van der Waals surface area contributed by atoms with E-state index in [2.05, 4.69) is 5.16 Å². The highest BCUT2D eigenvalue weighted by molar-refractivity contribution is 8.15. The third kappa shape index (κ3) is 3.30. The first-order valence-corrected chi connectivity index (χ1v) is 5.82. The van der Waals surface area contributed by atoms with Gasteiger partial charge in [-0.25, -0.2) is 0 Å². The number of aromatic nitrogens is 1. The van der Waals surface area contributed by atoms with Crippen LogP contribution in [0.2, 0.25) is 0 Å². The van der Waals surface area contributed by atoms with E-state index in [9.17, 15) is 13.2 Å². The second-order valence-electron chi connectivity index (χ2n) is 2.84. The molecule has 0 amide bonds. The molecule has 0 bridgehead atoms. The average Bonchev–Trinajstić information content (AvgIpc) is 2.31. The zero-order chi connectivity index (χ0) is 10.1. The predicted octanol–water partition coefficient (Wildman–Crippen LogP) is 2.40. The molecule has 13 heavy (non-hydrogen) atoms. The summed E-state index contributed by atoms with van der Waals surface area (Å²) in [5.41, 5.74) is -0.0429. The van der Waals surface area contributed by atoms with Gasteiger partial charge in [0, 0.05) is 6.07 Å². The average molecular weight is 213 g/mol. The van der Waals surface area contributed by atoms with Gasteiger partial charge in [0.05, 0.1) is 12.1 Å². The van der Waals surface area contributed by atoms with Crippen molar-refractivity contribution in [3.05, 3.63) is 11.8 Å². The number of hydrogen-bond donors (Lipinski definition) is 1. The summed E-state index contributed by atoms with van der Waals surface area (Å²) in [6, 6.07) is 1.37. The van der Waals surface area contributed by atoms with E-state index in [1.54, 1.807) is 0 Å². The van der Waals surface area contributed by atoms with Gasteiger partial charge in [-0.1, -0.05) is 5.16 Å². The van der Waals surface area contributed by atoms with Crippen molar-refractivity contribution >= 4 is 10.9 Å². The van der Waals surface area contributed by atoms with Crippen molar-refractivity contribution in [1.29, 1.82) is 0 Å². The zero-order valence-corrected chi connectivity index (χ0v) is 8.12. The first-order valence-electron chi connectivity index (χ1n) is 3.58. The minimum atomic E-state index is -4.21. The highest BCUT2D eigenvalue weighted by Gasteiger charge is 2.29. The molecule has 0 aliphatic rings. The lowest BCUT2D eigenvalue weighted by Crippen LogP contribution is -2.11. The Bertz CT molecular complexity index is 282. The fourth-order valence-electron chi connectivity index (χ4n) is 0.800. The van der Waals surface area contributed by atoms with Crippen LogP contribution >= 0.6 is 10.9 Å². The number of rotatable bonds is 2. The van der Waals surface area contributed by atoms with E-state index in [4.69, 9.17) is 4.52 Å². The number of nitrogens with zero attached hydrogens (tertiary/aromatic N) is 1. The van der Waals surface area contributed by atoms with Crippen molar-refractivity contribution in [2.45, 2.75) is 17.7 Å². The number of alkyl halides is 3. The predicted molar refractivity (Wildman–Crippen MR) is 45.4 cm³/mol. The Hall–Kier alpha value is -0.650. The van der Waals surface area contributed by atoms with Crippen LogP contribution < -0.4 is 0 Å². The van der Waals surface area contributed by atoms with E-state index in [1.807, 2.05) is 12.5 Å². The SMILES string of the molecule is C[SH](C)c1cc(CC(F)(F)F)no1. The maximum atomic E-state index is 11.9. The van der Waals surface area contributed by atoms with Gasteiger partial charge in [0.25, 0.3) is 0 Å². The van der Waals surface area contributed by atoms with E-state index in [-0.39, 0.29) is 5.69 Å². The molecule has 0 fully saturated rings. The van der Waals surface area contributed by atoms with Crippen LogP contribution in [-0.2, 0) is 6.42 Å². The lowest BCUT2D eigenvalue weighted by atomic mass is 10.3. The Morgan fingerprint density at radius 1 is 1.46 bits per heavy atom. The molecule has 1 aromatic heterocycles. The van der Waals surface area contributed by atoms with E-state index < -0.39 is 23.5 Å². The summed E-state index contributed by atoms with van der Waals surface area (Å²) >= 11 is 0. The standard InChI is InChI=1S/C7H10F3NOS/c1-13(2)6-3-5(11-12-6)4-7(8,9)10/h3,13H,4H2,1-2H3. The molecular formula is C7H10F3NOS.